The third-order valence-corrected chi connectivity index (χ3v) is 4.52. The molecule has 7 nitrogen and oxygen atoms in total. The van der Waals surface area contributed by atoms with Crippen LogP contribution in [0.1, 0.15) is 24.5 Å². The minimum absolute atomic E-state index is 0.0680. The monoisotopic (exact) mass is 434 g/mol. The van der Waals surface area contributed by atoms with Crippen molar-refractivity contribution in [2.45, 2.75) is 27.2 Å². The number of carbonyl (C=O) groups is 3. The summed E-state index contributed by atoms with van der Waals surface area (Å²) in [4.78, 5) is 35.9. The molecule has 0 heterocycles. The molecule has 2 rings (SSSR count). The van der Waals surface area contributed by atoms with E-state index in [4.69, 9.17) is 23.2 Å². The summed E-state index contributed by atoms with van der Waals surface area (Å²) in [5, 5.41) is 9.91. The Morgan fingerprint density at radius 1 is 0.931 bits per heavy atom. The first-order chi connectivity index (χ1) is 13.7. The number of hydrogen-bond acceptors (Lipinski definition) is 4. The lowest BCUT2D eigenvalue weighted by molar-refractivity contribution is -0.136. The smallest absolute Gasteiger partial charge is 0.325 e. The number of anilines is 2. The molecule has 3 N–H and O–H groups in total. The van der Waals surface area contributed by atoms with Crippen molar-refractivity contribution in [2.24, 2.45) is 5.10 Å². The van der Waals surface area contributed by atoms with E-state index >= 15 is 0 Å². The highest BCUT2D eigenvalue weighted by molar-refractivity contribution is 6.40. The molecule has 0 fully saturated rings. The Kier molecular flexibility index (Phi) is 7.75. The molecule has 3 amide bonds. The van der Waals surface area contributed by atoms with Gasteiger partial charge in [0, 0.05) is 27.1 Å². The van der Waals surface area contributed by atoms with Gasteiger partial charge in [-0.2, -0.15) is 5.10 Å². The van der Waals surface area contributed by atoms with E-state index in [2.05, 4.69) is 21.2 Å². The van der Waals surface area contributed by atoms with Crippen molar-refractivity contribution >= 4 is 58.0 Å². The predicted octanol–water partition coefficient (Wildman–Crippen LogP) is 4.07. The number of carbonyl (C=O) groups excluding carboxylic acids is 3. The molecule has 2 aromatic rings. The van der Waals surface area contributed by atoms with E-state index in [0.29, 0.717) is 27.1 Å². The van der Waals surface area contributed by atoms with Gasteiger partial charge in [0.15, 0.2) is 0 Å². The Bertz CT molecular complexity index is 990. The summed E-state index contributed by atoms with van der Waals surface area (Å²) < 4.78 is 0. The first kappa shape index (κ1) is 22.4. The normalized spacial score (nSPS) is 11.0. The van der Waals surface area contributed by atoms with E-state index in [0.717, 1.165) is 11.1 Å². The van der Waals surface area contributed by atoms with Crippen molar-refractivity contribution < 1.29 is 14.4 Å². The highest BCUT2D eigenvalue weighted by Gasteiger charge is 2.14. The van der Waals surface area contributed by atoms with Crippen LogP contribution < -0.4 is 16.1 Å². The van der Waals surface area contributed by atoms with Crippen molar-refractivity contribution in [1.82, 2.24) is 5.43 Å². The van der Waals surface area contributed by atoms with Gasteiger partial charge >= 0.3 is 11.8 Å². The zero-order valence-electron chi connectivity index (χ0n) is 16.1. The van der Waals surface area contributed by atoms with Gasteiger partial charge in [-0.15, -0.1) is 0 Å². The number of aryl methyl sites for hydroxylation is 2. The van der Waals surface area contributed by atoms with Crippen LogP contribution in [-0.2, 0) is 14.4 Å². The molecule has 0 aliphatic carbocycles. The number of hydrazone groups is 1. The van der Waals surface area contributed by atoms with Gasteiger partial charge in [-0.25, -0.2) is 5.43 Å². The highest BCUT2D eigenvalue weighted by Crippen LogP contribution is 2.21. The Morgan fingerprint density at radius 3 is 2.31 bits per heavy atom. The molecule has 0 saturated heterocycles. The molecule has 0 aromatic heterocycles. The van der Waals surface area contributed by atoms with Crippen LogP contribution >= 0.6 is 23.2 Å². The van der Waals surface area contributed by atoms with E-state index in [-0.39, 0.29) is 12.3 Å². The fourth-order valence-corrected chi connectivity index (χ4v) is 2.60. The van der Waals surface area contributed by atoms with Gasteiger partial charge in [0.05, 0.1) is 6.42 Å². The second-order valence-electron chi connectivity index (χ2n) is 6.39. The first-order valence-electron chi connectivity index (χ1n) is 8.62. The number of rotatable bonds is 5. The standard InChI is InChI=1S/C20H20Cl2N4O3/c1-11-5-7-15(10-16(11)22)23-19(28)20(29)26-25-13(3)8-18(27)24-17-9-14(21)6-4-12(17)2/h4-7,9-10H,8H2,1-3H3,(H,23,28)(H,24,27)(H,26,29). The lowest BCUT2D eigenvalue weighted by Gasteiger charge is -2.09. The molecule has 29 heavy (non-hydrogen) atoms. The summed E-state index contributed by atoms with van der Waals surface area (Å²) in [6, 6.07) is 10.0. The molecule has 0 spiro atoms. The molecule has 0 unspecified atom stereocenters. The minimum atomic E-state index is -0.966. The fourth-order valence-electron chi connectivity index (χ4n) is 2.25. The van der Waals surface area contributed by atoms with Crippen molar-refractivity contribution in [3.63, 3.8) is 0 Å². The van der Waals surface area contributed by atoms with Gasteiger partial charge in [-0.3, -0.25) is 14.4 Å². The molecule has 9 heteroatoms. The molecule has 0 aliphatic heterocycles. The van der Waals surface area contributed by atoms with Gasteiger partial charge in [0.2, 0.25) is 5.91 Å². The number of benzene rings is 2. The Hall–Kier alpha value is -2.90. The topological polar surface area (TPSA) is 99.7 Å². The maximum absolute atomic E-state index is 12.1. The summed E-state index contributed by atoms with van der Waals surface area (Å²) in [6.07, 6.45) is -0.0680. The van der Waals surface area contributed by atoms with Crippen LogP contribution in [0.3, 0.4) is 0 Å². The van der Waals surface area contributed by atoms with Crippen LogP contribution in [0.4, 0.5) is 11.4 Å². The summed E-state index contributed by atoms with van der Waals surface area (Å²) in [7, 11) is 0. The maximum atomic E-state index is 12.1. The van der Waals surface area contributed by atoms with Gasteiger partial charge in [0.1, 0.15) is 0 Å². The molecular weight excluding hydrogens is 415 g/mol. The van der Waals surface area contributed by atoms with Gasteiger partial charge in [0.25, 0.3) is 0 Å². The number of nitrogens with one attached hydrogen (secondary N) is 3. The highest BCUT2D eigenvalue weighted by atomic mass is 35.5. The maximum Gasteiger partial charge on any atom is 0.329 e. The molecule has 152 valence electrons. The lowest BCUT2D eigenvalue weighted by Crippen LogP contribution is -2.33. The molecule has 0 saturated carbocycles. The number of amides is 3. The Morgan fingerprint density at radius 2 is 1.62 bits per heavy atom. The second kappa shape index (κ2) is 10.0. The Balaban J connectivity index is 1.88. The van der Waals surface area contributed by atoms with Crippen LogP contribution in [0.25, 0.3) is 0 Å². The molecule has 0 aliphatic rings. The van der Waals surface area contributed by atoms with Gasteiger partial charge in [-0.1, -0.05) is 35.3 Å². The van der Waals surface area contributed by atoms with Crippen LogP contribution in [0, 0.1) is 13.8 Å². The SMILES string of the molecule is CC(CC(=O)Nc1cc(Cl)ccc1C)=NNC(=O)C(=O)Nc1ccc(C)c(Cl)c1. The molecule has 2 aromatic carbocycles. The first-order valence-corrected chi connectivity index (χ1v) is 9.38. The number of nitrogens with zero attached hydrogens (tertiary/aromatic N) is 1. The summed E-state index contributed by atoms with van der Waals surface area (Å²) in [5.41, 5.74) is 5.13. The van der Waals surface area contributed by atoms with Crippen LogP contribution in [0.15, 0.2) is 41.5 Å². The van der Waals surface area contributed by atoms with Crippen LogP contribution in [-0.4, -0.2) is 23.4 Å². The van der Waals surface area contributed by atoms with Gasteiger partial charge in [-0.05, 0) is 56.2 Å². The molecule has 0 radical (unpaired) electrons. The molecular formula is C20H20Cl2N4O3. The molecule has 0 atom stereocenters. The van der Waals surface area contributed by atoms with E-state index < -0.39 is 11.8 Å². The largest absolute Gasteiger partial charge is 0.329 e. The van der Waals surface area contributed by atoms with E-state index in [1.54, 1.807) is 43.3 Å². The molecule has 0 bridgehead atoms. The fraction of sp³-hybridized carbons (Fsp3) is 0.200. The van der Waals surface area contributed by atoms with E-state index in [1.165, 1.54) is 0 Å². The third kappa shape index (κ3) is 6.89. The van der Waals surface area contributed by atoms with E-state index in [1.807, 2.05) is 13.8 Å². The number of halogens is 2. The van der Waals surface area contributed by atoms with Crippen LogP contribution in [0.5, 0.6) is 0 Å². The van der Waals surface area contributed by atoms with E-state index in [9.17, 15) is 14.4 Å². The second-order valence-corrected chi connectivity index (χ2v) is 7.23. The van der Waals surface area contributed by atoms with Crippen molar-refractivity contribution in [1.29, 1.82) is 0 Å². The van der Waals surface area contributed by atoms with Crippen LogP contribution in [0.2, 0.25) is 10.0 Å². The summed E-state index contributed by atoms with van der Waals surface area (Å²) in [5.74, 6) is -2.20. The average Bonchev–Trinajstić information content (AvgIpc) is 2.65. The average molecular weight is 435 g/mol. The lowest BCUT2D eigenvalue weighted by atomic mass is 10.2. The zero-order chi connectivity index (χ0) is 21.6. The van der Waals surface area contributed by atoms with Gasteiger partial charge < -0.3 is 10.6 Å². The quantitative estimate of drug-likeness (QED) is 0.375. The van der Waals surface area contributed by atoms with Crippen molar-refractivity contribution in [3.05, 3.63) is 57.6 Å². The zero-order valence-corrected chi connectivity index (χ0v) is 17.6. The third-order valence-electron chi connectivity index (χ3n) is 3.87. The minimum Gasteiger partial charge on any atom is -0.325 e. The predicted molar refractivity (Wildman–Crippen MR) is 116 cm³/mol. The Labute approximate surface area is 178 Å². The summed E-state index contributed by atoms with van der Waals surface area (Å²) >= 11 is 11.9. The summed E-state index contributed by atoms with van der Waals surface area (Å²) in [6.45, 7) is 5.22. The number of hydrogen-bond donors (Lipinski definition) is 3. The van der Waals surface area contributed by atoms with Crippen molar-refractivity contribution in [3.8, 4) is 0 Å². The van der Waals surface area contributed by atoms with Crippen molar-refractivity contribution in [2.75, 3.05) is 10.6 Å².